The molecule has 0 aliphatic rings. The predicted octanol–water partition coefficient (Wildman–Crippen LogP) is 3.12. The van der Waals surface area contributed by atoms with E-state index < -0.39 is 28.6 Å². The predicted molar refractivity (Wildman–Crippen MR) is 87.5 cm³/mol. The van der Waals surface area contributed by atoms with Crippen LogP contribution < -0.4 is 5.32 Å². The number of carbonyl (C=O) groups excluding carboxylic acids is 2. The largest absolute Gasteiger partial charge is 0.449 e. The van der Waals surface area contributed by atoms with Crippen LogP contribution in [0, 0.1) is 17.0 Å². The zero-order valence-electron chi connectivity index (χ0n) is 13.3. The lowest BCUT2D eigenvalue weighted by molar-refractivity contribution is -0.384. The van der Waals surface area contributed by atoms with Gasteiger partial charge in [0.1, 0.15) is 10.8 Å². The molecule has 9 nitrogen and oxygen atoms in total. The number of halogens is 1. The van der Waals surface area contributed by atoms with Gasteiger partial charge in [-0.05, 0) is 25.5 Å². The SMILES string of the molecule is CC[C@@H](OC(=O)c1ccc(Cl)c([N+](=O)[O-])c1)C(=O)Nc1cc(C)on1. The molecule has 1 N–H and O–H groups in total. The average Bonchev–Trinajstić information content (AvgIpc) is 2.97. The molecule has 132 valence electrons. The maximum absolute atomic E-state index is 12.2. The Morgan fingerprint density at radius 1 is 1.44 bits per heavy atom. The fourth-order valence-electron chi connectivity index (χ4n) is 1.93. The first-order valence-corrected chi connectivity index (χ1v) is 7.58. The molecule has 1 aromatic carbocycles. The summed E-state index contributed by atoms with van der Waals surface area (Å²) in [5.74, 6) is -0.765. The van der Waals surface area contributed by atoms with Gasteiger partial charge in [-0.2, -0.15) is 0 Å². The van der Waals surface area contributed by atoms with E-state index in [2.05, 4.69) is 10.5 Å². The number of nitrogens with zero attached hydrogens (tertiary/aromatic N) is 2. The van der Waals surface area contributed by atoms with Crippen molar-refractivity contribution in [3.8, 4) is 0 Å². The molecule has 25 heavy (non-hydrogen) atoms. The molecule has 0 saturated heterocycles. The van der Waals surface area contributed by atoms with E-state index in [1.165, 1.54) is 18.2 Å². The standard InChI is InChI=1S/C15H14ClN3O6/c1-3-12(14(20)17-13-6-8(2)25-18-13)24-15(21)9-4-5-10(16)11(7-9)19(22)23/h4-7,12H,3H2,1-2H3,(H,17,18,20)/t12-/m1/s1. The molecule has 1 aromatic heterocycles. The quantitative estimate of drug-likeness (QED) is 0.472. The summed E-state index contributed by atoms with van der Waals surface area (Å²) in [4.78, 5) is 34.5. The van der Waals surface area contributed by atoms with E-state index >= 15 is 0 Å². The number of nitro benzene ring substituents is 1. The molecule has 0 unspecified atom stereocenters. The smallest absolute Gasteiger partial charge is 0.339 e. The van der Waals surface area contributed by atoms with Gasteiger partial charge in [0.15, 0.2) is 11.9 Å². The molecule has 0 radical (unpaired) electrons. The zero-order chi connectivity index (χ0) is 18.6. The van der Waals surface area contributed by atoms with Crippen molar-refractivity contribution in [2.75, 3.05) is 5.32 Å². The van der Waals surface area contributed by atoms with E-state index in [1.807, 2.05) is 0 Å². The zero-order valence-corrected chi connectivity index (χ0v) is 14.1. The van der Waals surface area contributed by atoms with Crippen LogP contribution in [0.4, 0.5) is 11.5 Å². The van der Waals surface area contributed by atoms with Crippen LogP contribution in [0.3, 0.4) is 0 Å². The molecule has 0 bridgehead atoms. The van der Waals surface area contributed by atoms with Crippen LogP contribution in [0.15, 0.2) is 28.8 Å². The Balaban J connectivity index is 2.10. The molecule has 0 saturated carbocycles. The molecule has 2 rings (SSSR count). The summed E-state index contributed by atoms with van der Waals surface area (Å²) >= 11 is 5.70. The highest BCUT2D eigenvalue weighted by Gasteiger charge is 2.24. The molecule has 0 aliphatic heterocycles. The van der Waals surface area contributed by atoms with E-state index in [0.717, 1.165) is 6.07 Å². The summed E-state index contributed by atoms with van der Waals surface area (Å²) in [7, 11) is 0. The fourth-order valence-corrected chi connectivity index (χ4v) is 2.12. The number of carbonyl (C=O) groups is 2. The lowest BCUT2D eigenvalue weighted by atomic mass is 10.2. The second-order valence-corrected chi connectivity index (χ2v) is 5.44. The molecular weight excluding hydrogens is 354 g/mol. The van der Waals surface area contributed by atoms with Crippen LogP contribution in [-0.4, -0.2) is 28.1 Å². The van der Waals surface area contributed by atoms with Gasteiger partial charge in [0, 0.05) is 12.1 Å². The summed E-state index contributed by atoms with van der Waals surface area (Å²) in [6.07, 6.45) is -0.899. The third kappa shape index (κ3) is 4.54. The first kappa shape index (κ1) is 18.4. The maximum atomic E-state index is 12.2. The Hall–Kier alpha value is -2.94. The van der Waals surface area contributed by atoms with Gasteiger partial charge in [-0.1, -0.05) is 23.7 Å². The van der Waals surface area contributed by atoms with Gasteiger partial charge in [0.25, 0.3) is 11.6 Å². The molecular formula is C15H14ClN3O6. The first-order valence-electron chi connectivity index (χ1n) is 7.21. The fraction of sp³-hybridized carbons (Fsp3) is 0.267. The van der Waals surface area contributed by atoms with E-state index in [4.69, 9.17) is 20.9 Å². The van der Waals surface area contributed by atoms with Gasteiger partial charge in [0.05, 0.1) is 10.5 Å². The van der Waals surface area contributed by atoms with Gasteiger partial charge in [-0.3, -0.25) is 14.9 Å². The number of hydrogen-bond acceptors (Lipinski definition) is 7. The summed E-state index contributed by atoms with van der Waals surface area (Å²) in [5, 5.41) is 16.8. The number of hydrogen-bond donors (Lipinski definition) is 1. The van der Waals surface area contributed by atoms with Crippen molar-refractivity contribution in [2.45, 2.75) is 26.4 Å². The Morgan fingerprint density at radius 2 is 2.16 bits per heavy atom. The van der Waals surface area contributed by atoms with Gasteiger partial charge in [-0.25, -0.2) is 4.79 Å². The Kier molecular flexibility index (Phi) is 5.71. The van der Waals surface area contributed by atoms with E-state index in [9.17, 15) is 19.7 Å². The Labute approximate surface area is 147 Å². The number of esters is 1. The molecule has 0 aliphatic carbocycles. The summed E-state index contributed by atoms with van der Waals surface area (Å²) in [6, 6.07) is 5.00. The van der Waals surface area contributed by atoms with Crippen LogP contribution in [-0.2, 0) is 9.53 Å². The summed E-state index contributed by atoms with van der Waals surface area (Å²) in [5.41, 5.74) is -0.508. The minimum atomic E-state index is -1.10. The summed E-state index contributed by atoms with van der Waals surface area (Å²) in [6.45, 7) is 3.31. The number of anilines is 1. The third-order valence-corrected chi connectivity index (χ3v) is 3.49. The number of rotatable bonds is 6. The average molecular weight is 368 g/mol. The molecule has 2 aromatic rings. The van der Waals surface area contributed by atoms with E-state index in [-0.39, 0.29) is 22.8 Å². The van der Waals surface area contributed by atoms with E-state index in [0.29, 0.717) is 5.76 Å². The number of aryl methyl sites for hydroxylation is 1. The minimum absolute atomic E-state index is 0.0837. The highest BCUT2D eigenvalue weighted by molar-refractivity contribution is 6.32. The highest BCUT2D eigenvalue weighted by Crippen LogP contribution is 2.25. The van der Waals surface area contributed by atoms with Crippen molar-refractivity contribution in [3.63, 3.8) is 0 Å². The highest BCUT2D eigenvalue weighted by atomic mass is 35.5. The second kappa shape index (κ2) is 7.75. The maximum Gasteiger partial charge on any atom is 0.339 e. The minimum Gasteiger partial charge on any atom is -0.449 e. The van der Waals surface area contributed by atoms with Crippen molar-refractivity contribution >= 4 is 35.0 Å². The first-order chi connectivity index (χ1) is 11.8. The van der Waals surface area contributed by atoms with Crippen molar-refractivity contribution < 1.29 is 23.8 Å². The van der Waals surface area contributed by atoms with Crippen LogP contribution in [0.1, 0.15) is 29.5 Å². The van der Waals surface area contributed by atoms with Gasteiger partial charge >= 0.3 is 5.97 Å². The molecule has 0 fully saturated rings. The number of benzene rings is 1. The third-order valence-electron chi connectivity index (χ3n) is 3.17. The van der Waals surface area contributed by atoms with Gasteiger partial charge < -0.3 is 14.6 Å². The van der Waals surface area contributed by atoms with Gasteiger partial charge in [0.2, 0.25) is 0 Å². The molecule has 10 heteroatoms. The molecule has 0 spiro atoms. The topological polar surface area (TPSA) is 125 Å². The van der Waals surface area contributed by atoms with Crippen molar-refractivity contribution in [2.24, 2.45) is 0 Å². The number of nitro groups is 1. The second-order valence-electron chi connectivity index (χ2n) is 5.04. The van der Waals surface area contributed by atoms with E-state index in [1.54, 1.807) is 13.8 Å². The lowest BCUT2D eigenvalue weighted by Gasteiger charge is -2.15. The van der Waals surface area contributed by atoms with Crippen molar-refractivity contribution in [1.82, 2.24) is 5.16 Å². The normalized spacial score (nSPS) is 11.6. The van der Waals surface area contributed by atoms with Crippen LogP contribution in [0.25, 0.3) is 0 Å². The van der Waals surface area contributed by atoms with Crippen molar-refractivity contribution in [3.05, 3.63) is 50.7 Å². The monoisotopic (exact) mass is 367 g/mol. The molecule has 1 heterocycles. The summed E-state index contributed by atoms with van der Waals surface area (Å²) < 4.78 is 9.95. The molecule has 1 amide bonds. The van der Waals surface area contributed by atoms with Crippen LogP contribution in [0.2, 0.25) is 5.02 Å². The molecule has 1 atom stereocenters. The number of aromatic nitrogens is 1. The lowest BCUT2D eigenvalue weighted by Crippen LogP contribution is -2.32. The van der Waals surface area contributed by atoms with Crippen LogP contribution in [0.5, 0.6) is 0 Å². The number of amides is 1. The van der Waals surface area contributed by atoms with Crippen molar-refractivity contribution in [1.29, 1.82) is 0 Å². The van der Waals surface area contributed by atoms with Gasteiger partial charge in [-0.15, -0.1) is 0 Å². The number of ether oxygens (including phenoxy) is 1. The Bertz CT molecular complexity index is 819. The number of nitrogens with one attached hydrogen (secondary N) is 1. The van der Waals surface area contributed by atoms with Crippen LogP contribution >= 0.6 is 11.6 Å². The Morgan fingerprint density at radius 3 is 2.72 bits per heavy atom.